The zero-order chi connectivity index (χ0) is 22.0. The molecule has 31 heavy (non-hydrogen) atoms. The highest BCUT2D eigenvalue weighted by Gasteiger charge is 2.35. The zero-order valence-electron chi connectivity index (χ0n) is 17.3. The molecular formula is C24H23N3O3S. The minimum Gasteiger partial charge on any atom is -0.460 e. The van der Waals surface area contributed by atoms with Crippen molar-refractivity contribution in [1.29, 1.82) is 0 Å². The fourth-order valence-corrected chi connectivity index (χ4v) is 3.89. The van der Waals surface area contributed by atoms with Gasteiger partial charge in [0.2, 0.25) is 5.91 Å². The Labute approximate surface area is 186 Å². The molecule has 0 fully saturated rings. The summed E-state index contributed by atoms with van der Waals surface area (Å²) in [6.45, 7) is 4.03. The van der Waals surface area contributed by atoms with E-state index in [1.54, 1.807) is 6.08 Å². The molecule has 6 nitrogen and oxygen atoms in total. The monoisotopic (exact) mass is 433 g/mol. The van der Waals surface area contributed by atoms with E-state index in [-0.39, 0.29) is 23.2 Å². The molecule has 2 aromatic rings. The number of aryl methyl sites for hydroxylation is 1. The molecule has 4 rings (SSSR count). The van der Waals surface area contributed by atoms with E-state index >= 15 is 0 Å². The number of hydrazine groups is 1. The number of carbonyl (C=O) groups is 2. The van der Waals surface area contributed by atoms with Crippen LogP contribution in [0, 0.1) is 19.8 Å². The van der Waals surface area contributed by atoms with Crippen molar-refractivity contribution in [3.05, 3.63) is 82.6 Å². The van der Waals surface area contributed by atoms with Gasteiger partial charge < -0.3 is 10.1 Å². The maximum absolute atomic E-state index is 12.5. The quantitative estimate of drug-likeness (QED) is 0.507. The summed E-state index contributed by atoms with van der Waals surface area (Å²) in [5.74, 6) is 0.672. The van der Waals surface area contributed by atoms with Gasteiger partial charge in [-0.2, -0.15) is 0 Å². The van der Waals surface area contributed by atoms with Crippen molar-refractivity contribution in [2.24, 2.45) is 5.92 Å². The van der Waals surface area contributed by atoms with Crippen LogP contribution in [-0.4, -0.2) is 16.8 Å². The minimum atomic E-state index is -0.392. The lowest BCUT2D eigenvalue weighted by atomic mass is 9.83. The van der Waals surface area contributed by atoms with Crippen molar-refractivity contribution < 1.29 is 14.3 Å². The first kappa shape index (κ1) is 20.8. The first-order valence-corrected chi connectivity index (χ1v) is 10.5. The molecule has 0 aromatic heterocycles. The van der Waals surface area contributed by atoms with Crippen LogP contribution in [0.3, 0.4) is 0 Å². The molecule has 1 amide bonds. The number of fused-ring (bicyclic) bond motifs is 2. The van der Waals surface area contributed by atoms with Crippen LogP contribution < -0.4 is 20.9 Å². The Morgan fingerprint density at radius 2 is 1.87 bits per heavy atom. The average Bonchev–Trinajstić information content (AvgIpc) is 2.77. The van der Waals surface area contributed by atoms with Gasteiger partial charge in [0.05, 0.1) is 12.3 Å². The van der Waals surface area contributed by atoms with Crippen LogP contribution in [0.2, 0.25) is 0 Å². The van der Waals surface area contributed by atoms with Gasteiger partial charge in [0.25, 0.3) is 0 Å². The number of hydrogen-bond donors (Lipinski definition) is 3. The Morgan fingerprint density at radius 3 is 2.65 bits per heavy atom. The van der Waals surface area contributed by atoms with E-state index in [1.807, 2.05) is 56.3 Å². The number of ether oxygens (including phenoxy) is 1. The second kappa shape index (κ2) is 8.73. The molecule has 0 unspecified atom stereocenters. The number of rotatable bonds is 3. The van der Waals surface area contributed by atoms with Crippen LogP contribution in [0.5, 0.6) is 5.75 Å². The van der Waals surface area contributed by atoms with Gasteiger partial charge in [-0.1, -0.05) is 36.4 Å². The molecule has 0 saturated carbocycles. The van der Waals surface area contributed by atoms with Crippen molar-refractivity contribution in [3.63, 3.8) is 0 Å². The van der Waals surface area contributed by atoms with E-state index in [0.29, 0.717) is 17.8 Å². The van der Waals surface area contributed by atoms with Crippen molar-refractivity contribution >= 4 is 34.7 Å². The molecule has 2 aliphatic rings. The van der Waals surface area contributed by atoms with Crippen LogP contribution in [0.15, 0.2) is 65.9 Å². The number of para-hydroxylation sites is 1. The second-order valence-corrected chi connectivity index (χ2v) is 8.06. The summed E-state index contributed by atoms with van der Waals surface area (Å²) in [5.41, 5.74) is 9.99. The minimum absolute atomic E-state index is 0.00519. The molecule has 0 spiro atoms. The summed E-state index contributed by atoms with van der Waals surface area (Å²) >= 11 is 5.20. The zero-order valence-corrected chi connectivity index (χ0v) is 18.1. The molecule has 1 aliphatic carbocycles. The first-order chi connectivity index (χ1) is 14.9. The number of nitrogens with one attached hydrogen (secondary N) is 3. The summed E-state index contributed by atoms with van der Waals surface area (Å²) in [4.78, 5) is 25.0. The Kier molecular flexibility index (Phi) is 5.86. The van der Waals surface area contributed by atoms with Crippen LogP contribution in [0.1, 0.15) is 23.1 Å². The van der Waals surface area contributed by atoms with Gasteiger partial charge in [-0.25, -0.2) is 0 Å². The highest BCUT2D eigenvalue weighted by Crippen LogP contribution is 2.40. The van der Waals surface area contributed by atoms with E-state index in [0.717, 1.165) is 28.1 Å². The van der Waals surface area contributed by atoms with Crippen LogP contribution in [0.4, 0.5) is 5.69 Å². The largest absolute Gasteiger partial charge is 0.460 e. The standard InChI is InChI=1S/C24H23N3O3S/c1-14-8-9-16-12-19-20(28)11-10-17(23(19)30-22(16)15(14)2)13-21(29)26-27-24(31)25-18-6-4-3-5-7-18/h3-11,19H,12-13H2,1-2H3,(H,26,29)(H2,25,27,31)/t19-/m0/s1. The number of carbonyl (C=O) groups excluding carboxylic acids is 2. The number of anilines is 1. The molecule has 0 bridgehead atoms. The predicted octanol–water partition coefficient (Wildman–Crippen LogP) is 3.66. The third kappa shape index (κ3) is 4.51. The van der Waals surface area contributed by atoms with Gasteiger partial charge in [-0.05, 0) is 67.4 Å². The van der Waals surface area contributed by atoms with Crippen molar-refractivity contribution in [2.75, 3.05) is 5.32 Å². The highest BCUT2D eigenvalue weighted by molar-refractivity contribution is 7.80. The smallest absolute Gasteiger partial charge is 0.242 e. The molecule has 0 radical (unpaired) electrons. The van der Waals surface area contributed by atoms with Gasteiger partial charge in [-0.15, -0.1) is 0 Å². The van der Waals surface area contributed by atoms with Crippen LogP contribution in [-0.2, 0) is 16.0 Å². The summed E-state index contributed by atoms with van der Waals surface area (Å²) in [6.07, 6.45) is 3.84. The fourth-order valence-electron chi connectivity index (χ4n) is 3.72. The van der Waals surface area contributed by atoms with E-state index in [1.165, 1.54) is 6.08 Å². The Bertz CT molecular complexity index is 1120. The Hall–Kier alpha value is -3.45. The Balaban J connectivity index is 1.45. The molecule has 3 N–H and O–H groups in total. The van der Waals surface area contributed by atoms with Crippen LogP contribution in [0.25, 0.3) is 0 Å². The fraction of sp³-hybridized carbons (Fsp3) is 0.208. The van der Waals surface area contributed by atoms with Gasteiger partial charge in [0, 0.05) is 11.3 Å². The topological polar surface area (TPSA) is 79.5 Å². The van der Waals surface area contributed by atoms with E-state index in [4.69, 9.17) is 17.0 Å². The van der Waals surface area contributed by atoms with Gasteiger partial charge in [0.15, 0.2) is 10.9 Å². The van der Waals surface area contributed by atoms with E-state index < -0.39 is 5.92 Å². The lowest BCUT2D eigenvalue weighted by molar-refractivity contribution is -0.121. The average molecular weight is 434 g/mol. The third-order valence-electron chi connectivity index (χ3n) is 5.52. The molecule has 158 valence electrons. The second-order valence-electron chi connectivity index (χ2n) is 7.65. The molecule has 7 heteroatoms. The number of benzene rings is 2. The van der Waals surface area contributed by atoms with Gasteiger partial charge >= 0.3 is 0 Å². The number of thiocarbonyl (C=S) groups is 1. The molecule has 1 atom stereocenters. The maximum Gasteiger partial charge on any atom is 0.242 e. The number of ketones is 1. The lowest BCUT2D eigenvalue weighted by Gasteiger charge is -2.31. The number of amides is 1. The number of hydrogen-bond acceptors (Lipinski definition) is 4. The summed E-state index contributed by atoms with van der Waals surface area (Å²) in [5, 5.41) is 3.26. The van der Waals surface area contributed by atoms with Crippen molar-refractivity contribution in [1.82, 2.24) is 10.9 Å². The maximum atomic E-state index is 12.5. The summed E-state index contributed by atoms with van der Waals surface area (Å²) in [6, 6.07) is 13.5. The summed E-state index contributed by atoms with van der Waals surface area (Å²) in [7, 11) is 0. The molecule has 2 aromatic carbocycles. The normalized spacial score (nSPS) is 16.7. The van der Waals surface area contributed by atoms with Gasteiger partial charge in [-0.3, -0.25) is 20.4 Å². The van der Waals surface area contributed by atoms with Crippen LogP contribution >= 0.6 is 12.2 Å². The first-order valence-electron chi connectivity index (χ1n) is 10.0. The van der Waals surface area contributed by atoms with Gasteiger partial charge in [0.1, 0.15) is 11.5 Å². The van der Waals surface area contributed by atoms with E-state index in [9.17, 15) is 9.59 Å². The highest BCUT2D eigenvalue weighted by atomic mass is 32.1. The molecule has 1 heterocycles. The molecule has 0 saturated heterocycles. The SMILES string of the molecule is Cc1ccc2c(c1C)OC1=C(CC(=O)NNC(=S)Nc3ccccc3)C=CC(=O)[C@@H]1C2. The number of allylic oxidation sites excluding steroid dienone is 3. The van der Waals surface area contributed by atoms with Crippen molar-refractivity contribution in [3.8, 4) is 5.75 Å². The summed E-state index contributed by atoms with van der Waals surface area (Å²) < 4.78 is 6.21. The lowest BCUT2D eigenvalue weighted by Crippen LogP contribution is -2.44. The third-order valence-corrected chi connectivity index (χ3v) is 5.72. The molecule has 1 aliphatic heterocycles. The predicted molar refractivity (Wildman–Crippen MR) is 123 cm³/mol. The molecular weight excluding hydrogens is 410 g/mol. The van der Waals surface area contributed by atoms with E-state index in [2.05, 4.69) is 16.2 Å². The van der Waals surface area contributed by atoms with Crippen molar-refractivity contribution in [2.45, 2.75) is 26.7 Å². The Morgan fingerprint density at radius 1 is 1.10 bits per heavy atom.